The number of carbonyl (C=O) groups excluding carboxylic acids is 1. The van der Waals surface area contributed by atoms with E-state index in [1.54, 1.807) is 18.2 Å². The first kappa shape index (κ1) is 12.9. The van der Waals surface area contributed by atoms with Crippen LogP contribution in [0.1, 0.15) is 21.7 Å². The minimum absolute atomic E-state index is 0.190. The number of esters is 1. The van der Waals surface area contributed by atoms with E-state index >= 15 is 0 Å². The second kappa shape index (κ2) is 5.43. The van der Waals surface area contributed by atoms with Crippen LogP contribution in [0.2, 0.25) is 0 Å². The van der Waals surface area contributed by atoms with Crippen LogP contribution < -0.4 is 5.56 Å². The molecule has 0 aliphatic carbocycles. The Bertz CT molecular complexity index is 647. The fraction of sp³-hybridized carbons (Fsp3) is 0.231. The number of aromatic nitrogens is 3. The third-order valence-corrected chi connectivity index (χ3v) is 2.56. The Hall–Kier alpha value is -2.50. The standard InChI is InChI=1S/C13H13N3O3/c1-9-3-6-12(17)16(15-9)8-11-5-4-10(7-14-11)13(18)19-2/h3-7H,8H2,1-2H3. The Balaban J connectivity index is 2.22. The molecule has 2 aromatic heterocycles. The Kier molecular flexibility index (Phi) is 3.70. The molecule has 0 aliphatic heterocycles. The van der Waals surface area contributed by atoms with Crippen LogP contribution in [0, 0.1) is 6.92 Å². The molecule has 0 fully saturated rings. The average Bonchev–Trinajstić information content (AvgIpc) is 2.43. The molecule has 0 bridgehead atoms. The number of carbonyl (C=O) groups is 1. The van der Waals surface area contributed by atoms with E-state index in [4.69, 9.17) is 0 Å². The van der Waals surface area contributed by atoms with Gasteiger partial charge in [0.1, 0.15) is 0 Å². The Labute approximate surface area is 109 Å². The summed E-state index contributed by atoms with van der Waals surface area (Å²) in [4.78, 5) is 27.0. The van der Waals surface area contributed by atoms with Gasteiger partial charge in [-0.3, -0.25) is 9.78 Å². The Morgan fingerprint density at radius 1 is 1.32 bits per heavy atom. The predicted octanol–water partition coefficient (Wildman–Crippen LogP) is 0.782. The summed E-state index contributed by atoms with van der Waals surface area (Å²) in [5.41, 5.74) is 1.58. The first-order valence-corrected chi connectivity index (χ1v) is 5.68. The van der Waals surface area contributed by atoms with E-state index in [0.717, 1.165) is 5.69 Å². The molecule has 0 aromatic carbocycles. The minimum Gasteiger partial charge on any atom is -0.465 e. The summed E-state index contributed by atoms with van der Waals surface area (Å²) >= 11 is 0. The van der Waals surface area contributed by atoms with Gasteiger partial charge >= 0.3 is 5.97 Å². The lowest BCUT2D eigenvalue weighted by molar-refractivity contribution is 0.0600. The largest absolute Gasteiger partial charge is 0.465 e. The topological polar surface area (TPSA) is 74.1 Å². The molecular weight excluding hydrogens is 246 g/mol. The first-order valence-electron chi connectivity index (χ1n) is 5.68. The van der Waals surface area contributed by atoms with Gasteiger partial charge in [-0.2, -0.15) is 5.10 Å². The molecule has 0 saturated heterocycles. The monoisotopic (exact) mass is 259 g/mol. The summed E-state index contributed by atoms with van der Waals surface area (Å²) in [6, 6.07) is 6.40. The molecule has 0 aliphatic rings. The third kappa shape index (κ3) is 3.04. The highest BCUT2D eigenvalue weighted by molar-refractivity contribution is 5.88. The third-order valence-electron chi connectivity index (χ3n) is 2.56. The van der Waals surface area contributed by atoms with E-state index in [2.05, 4.69) is 14.8 Å². The lowest BCUT2D eigenvalue weighted by atomic mass is 10.2. The van der Waals surface area contributed by atoms with Crippen LogP contribution in [0.4, 0.5) is 0 Å². The highest BCUT2D eigenvalue weighted by Gasteiger charge is 2.06. The minimum atomic E-state index is -0.440. The molecule has 0 spiro atoms. The molecule has 19 heavy (non-hydrogen) atoms. The van der Waals surface area contributed by atoms with E-state index < -0.39 is 5.97 Å². The van der Waals surface area contributed by atoms with Crippen LogP contribution in [-0.2, 0) is 11.3 Å². The van der Waals surface area contributed by atoms with Crippen molar-refractivity contribution in [3.63, 3.8) is 0 Å². The number of ether oxygens (including phenoxy) is 1. The summed E-state index contributed by atoms with van der Waals surface area (Å²) in [6.07, 6.45) is 1.42. The van der Waals surface area contributed by atoms with Gasteiger partial charge in [0.25, 0.3) is 5.56 Å². The number of nitrogens with zero attached hydrogens (tertiary/aromatic N) is 3. The molecule has 0 N–H and O–H groups in total. The summed E-state index contributed by atoms with van der Waals surface area (Å²) < 4.78 is 5.91. The molecule has 6 nitrogen and oxygen atoms in total. The summed E-state index contributed by atoms with van der Waals surface area (Å²) in [7, 11) is 1.31. The van der Waals surface area contributed by atoms with Crippen LogP contribution in [-0.4, -0.2) is 27.8 Å². The van der Waals surface area contributed by atoms with E-state index in [-0.39, 0.29) is 12.1 Å². The van der Waals surface area contributed by atoms with Crippen molar-refractivity contribution < 1.29 is 9.53 Å². The average molecular weight is 259 g/mol. The number of rotatable bonds is 3. The molecule has 2 rings (SSSR count). The lowest BCUT2D eigenvalue weighted by Gasteiger charge is -2.05. The highest BCUT2D eigenvalue weighted by Crippen LogP contribution is 2.03. The molecular formula is C13H13N3O3. The molecule has 2 aromatic rings. The molecule has 0 atom stereocenters. The van der Waals surface area contributed by atoms with Crippen molar-refractivity contribution in [3.05, 3.63) is 57.8 Å². The van der Waals surface area contributed by atoms with Crippen LogP contribution in [0.3, 0.4) is 0 Å². The molecule has 98 valence electrons. The van der Waals surface area contributed by atoms with Gasteiger partial charge < -0.3 is 4.74 Å². The molecule has 0 amide bonds. The second-order valence-electron chi connectivity index (χ2n) is 4.00. The van der Waals surface area contributed by atoms with Gasteiger partial charge in [-0.25, -0.2) is 9.48 Å². The van der Waals surface area contributed by atoms with Crippen molar-refractivity contribution in [1.82, 2.24) is 14.8 Å². The predicted molar refractivity (Wildman–Crippen MR) is 67.9 cm³/mol. The summed E-state index contributed by atoms with van der Waals surface area (Å²) in [5, 5.41) is 4.11. The summed E-state index contributed by atoms with van der Waals surface area (Å²) in [5.74, 6) is -0.440. The van der Waals surface area contributed by atoms with Crippen LogP contribution in [0.15, 0.2) is 35.3 Å². The molecule has 0 unspecified atom stereocenters. The highest BCUT2D eigenvalue weighted by atomic mass is 16.5. The van der Waals surface area contributed by atoms with Crippen molar-refractivity contribution >= 4 is 5.97 Å². The van der Waals surface area contributed by atoms with Crippen LogP contribution in [0.5, 0.6) is 0 Å². The smallest absolute Gasteiger partial charge is 0.339 e. The van der Waals surface area contributed by atoms with Crippen molar-refractivity contribution in [2.45, 2.75) is 13.5 Å². The van der Waals surface area contributed by atoms with Crippen molar-refractivity contribution in [3.8, 4) is 0 Å². The fourth-order valence-electron chi connectivity index (χ4n) is 1.57. The zero-order valence-corrected chi connectivity index (χ0v) is 10.7. The van der Waals surface area contributed by atoms with E-state index in [0.29, 0.717) is 11.3 Å². The molecule has 2 heterocycles. The number of hydrogen-bond acceptors (Lipinski definition) is 5. The number of methoxy groups -OCH3 is 1. The lowest BCUT2D eigenvalue weighted by Crippen LogP contribution is -2.23. The number of hydrogen-bond donors (Lipinski definition) is 0. The van der Waals surface area contributed by atoms with E-state index in [1.807, 2.05) is 6.92 Å². The maximum absolute atomic E-state index is 11.6. The van der Waals surface area contributed by atoms with E-state index in [9.17, 15) is 9.59 Å². The fourth-order valence-corrected chi connectivity index (χ4v) is 1.57. The van der Waals surface area contributed by atoms with Crippen LogP contribution >= 0.6 is 0 Å². The molecule has 0 saturated carbocycles. The Morgan fingerprint density at radius 3 is 2.74 bits per heavy atom. The quantitative estimate of drug-likeness (QED) is 0.761. The van der Waals surface area contributed by atoms with Crippen molar-refractivity contribution in [2.75, 3.05) is 7.11 Å². The van der Waals surface area contributed by atoms with Crippen molar-refractivity contribution in [2.24, 2.45) is 0 Å². The number of pyridine rings is 1. The van der Waals surface area contributed by atoms with Gasteiger partial charge in [0.2, 0.25) is 0 Å². The van der Waals surface area contributed by atoms with Gasteiger partial charge in [0, 0.05) is 12.3 Å². The van der Waals surface area contributed by atoms with Gasteiger partial charge in [0.05, 0.1) is 30.6 Å². The normalized spacial score (nSPS) is 10.2. The van der Waals surface area contributed by atoms with Crippen molar-refractivity contribution in [1.29, 1.82) is 0 Å². The van der Waals surface area contributed by atoms with Crippen LogP contribution in [0.25, 0.3) is 0 Å². The Morgan fingerprint density at radius 2 is 2.11 bits per heavy atom. The second-order valence-corrected chi connectivity index (χ2v) is 4.00. The van der Waals surface area contributed by atoms with Gasteiger partial charge in [-0.1, -0.05) is 0 Å². The van der Waals surface area contributed by atoms with Gasteiger partial charge in [0.15, 0.2) is 0 Å². The zero-order chi connectivity index (χ0) is 13.8. The van der Waals surface area contributed by atoms with E-state index in [1.165, 1.54) is 24.1 Å². The zero-order valence-electron chi connectivity index (χ0n) is 10.7. The maximum Gasteiger partial charge on any atom is 0.339 e. The summed E-state index contributed by atoms with van der Waals surface area (Å²) in [6.45, 7) is 2.08. The first-order chi connectivity index (χ1) is 9.10. The molecule has 0 radical (unpaired) electrons. The maximum atomic E-state index is 11.6. The SMILES string of the molecule is COC(=O)c1ccc(Cn2nc(C)ccc2=O)nc1. The van der Waals surface area contributed by atoms with Gasteiger partial charge in [-0.05, 0) is 25.1 Å². The van der Waals surface area contributed by atoms with Gasteiger partial charge in [-0.15, -0.1) is 0 Å². The number of aryl methyl sites for hydroxylation is 1. The molecule has 6 heteroatoms.